The molecule has 1 aliphatic heterocycles. The maximum atomic E-state index is 13.2. The third-order valence-electron chi connectivity index (χ3n) is 4.97. The van der Waals surface area contributed by atoms with E-state index in [-0.39, 0.29) is 11.4 Å². The Morgan fingerprint density at radius 1 is 1.07 bits per heavy atom. The molecular weight excluding hydrogens is 338 g/mol. The van der Waals surface area contributed by atoms with Crippen molar-refractivity contribution in [1.29, 1.82) is 0 Å². The zero-order valence-corrected chi connectivity index (χ0v) is 16.0. The Balaban J connectivity index is 2.08. The van der Waals surface area contributed by atoms with Crippen LogP contribution in [0.4, 0.5) is 0 Å². The van der Waals surface area contributed by atoms with E-state index in [1.165, 1.54) is 0 Å². The molecule has 0 aromatic heterocycles. The first-order chi connectivity index (χ1) is 12.9. The Labute approximate surface area is 160 Å². The molecule has 0 fully saturated rings. The molecule has 0 saturated carbocycles. The summed E-state index contributed by atoms with van der Waals surface area (Å²) in [6.45, 7) is 6.48. The summed E-state index contributed by atoms with van der Waals surface area (Å²) in [6, 6.07) is 14.4. The number of ketones is 1. The predicted molar refractivity (Wildman–Crippen MR) is 106 cm³/mol. The third kappa shape index (κ3) is 3.65. The molecular formula is C23H25NO3. The molecule has 27 heavy (non-hydrogen) atoms. The van der Waals surface area contributed by atoms with E-state index in [0.29, 0.717) is 12.1 Å². The highest BCUT2D eigenvalue weighted by molar-refractivity contribution is 6.16. The van der Waals surface area contributed by atoms with Gasteiger partial charge in [0, 0.05) is 12.1 Å². The molecule has 0 bridgehead atoms. The third-order valence-corrected chi connectivity index (χ3v) is 4.97. The molecule has 3 rings (SSSR count). The topological polar surface area (TPSA) is 57.6 Å². The minimum Gasteiger partial charge on any atom is -0.503 e. The highest BCUT2D eigenvalue weighted by Crippen LogP contribution is 2.39. The van der Waals surface area contributed by atoms with Crippen LogP contribution in [0.2, 0.25) is 0 Å². The molecule has 1 N–H and O–H groups in total. The molecule has 1 unspecified atom stereocenters. The predicted octanol–water partition coefficient (Wildman–Crippen LogP) is 4.68. The lowest BCUT2D eigenvalue weighted by Gasteiger charge is -2.27. The van der Waals surface area contributed by atoms with Gasteiger partial charge >= 0.3 is 0 Å². The van der Waals surface area contributed by atoms with Crippen molar-refractivity contribution in [2.24, 2.45) is 0 Å². The van der Waals surface area contributed by atoms with Crippen molar-refractivity contribution >= 4 is 11.7 Å². The summed E-state index contributed by atoms with van der Waals surface area (Å²) >= 11 is 0. The van der Waals surface area contributed by atoms with Crippen molar-refractivity contribution in [3.63, 3.8) is 0 Å². The number of aryl methyl sites for hydroxylation is 2. The summed E-state index contributed by atoms with van der Waals surface area (Å²) in [4.78, 5) is 27.6. The number of hydrogen-bond acceptors (Lipinski definition) is 3. The largest absolute Gasteiger partial charge is 0.503 e. The van der Waals surface area contributed by atoms with Gasteiger partial charge in [-0.25, -0.2) is 0 Å². The van der Waals surface area contributed by atoms with E-state index in [0.717, 1.165) is 29.5 Å². The van der Waals surface area contributed by atoms with Crippen LogP contribution in [0.3, 0.4) is 0 Å². The second-order valence-corrected chi connectivity index (χ2v) is 7.13. The number of carbonyl (C=O) groups excluding carboxylic acids is 2. The SMILES string of the molecule is CCCCN1C(=O)C(O)=C(C(=O)c2ccc(C)cc2)C1c1cccc(C)c1. The minimum atomic E-state index is -0.558. The number of Topliss-reactive ketones (excluding diaryl/α,β-unsaturated/α-hetero) is 1. The number of aliphatic hydroxyl groups excluding tert-OH is 1. The second kappa shape index (κ2) is 7.78. The number of rotatable bonds is 6. The van der Waals surface area contributed by atoms with Gasteiger partial charge in [0.15, 0.2) is 11.5 Å². The van der Waals surface area contributed by atoms with Gasteiger partial charge in [-0.2, -0.15) is 0 Å². The molecule has 0 radical (unpaired) electrons. The van der Waals surface area contributed by atoms with E-state index in [2.05, 4.69) is 0 Å². The minimum absolute atomic E-state index is 0.172. The highest BCUT2D eigenvalue weighted by atomic mass is 16.3. The lowest BCUT2D eigenvalue weighted by Crippen LogP contribution is -2.32. The van der Waals surface area contributed by atoms with E-state index in [1.54, 1.807) is 17.0 Å². The Hall–Kier alpha value is -2.88. The van der Waals surface area contributed by atoms with Gasteiger partial charge in [-0.05, 0) is 25.8 Å². The molecule has 1 heterocycles. The van der Waals surface area contributed by atoms with Crippen molar-refractivity contribution < 1.29 is 14.7 Å². The molecule has 0 aliphatic carbocycles. The van der Waals surface area contributed by atoms with Gasteiger partial charge in [-0.15, -0.1) is 0 Å². The fourth-order valence-electron chi connectivity index (χ4n) is 3.49. The Morgan fingerprint density at radius 3 is 2.41 bits per heavy atom. The Kier molecular flexibility index (Phi) is 5.45. The van der Waals surface area contributed by atoms with Crippen LogP contribution in [0.5, 0.6) is 0 Å². The van der Waals surface area contributed by atoms with Crippen LogP contribution in [0.25, 0.3) is 0 Å². The Morgan fingerprint density at radius 2 is 1.78 bits per heavy atom. The molecule has 1 atom stereocenters. The number of hydrogen-bond donors (Lipinski definition) is 1. The zero-order chi connectivity index (χ0) is 19.6. The summed E-state index contributed by atoms with van der Waals surface area (Å²) in [6.07, 6.45) is 1.74. The van der Waals surface area contributed by atoms with Gasteiger partial charge in [0.1, 0.15) is 0 Å². The first-order valence-corrected chi connectivity index (χ1v) is 9.36. The average Bonchev–Trinajstić information content (AvgIpc) is 2.91. The molecule has 0 spiro atoms. The summed E-state index contributed by atoms with van der Waals surface area (Å²) in [5, 5.41) is 10.6. The van der Waals surface area contributed by atoms with Crippen LogP contribution in [0.1, 0.15) is 52.9 Å². The van der Waals surface area contributed by atoms with Crippen molar-refractivity contribution in [1.82, 2.24) is 4.90 Å². The molecule has 0 saturated heterocycles. The smallest absolute Gasteiger partial charge is 0.290 e. The molecule has 4 nitrogen and oxygen atoms in total. The number of amides is 1. The van der Waals surface area contributed by atoms with Gasteiger partial charge in [0.05, 0.1) is 11.6 Å². The molecule has 140 valence electrons. The molecule has 2 aromatic rings. The highest BCUT2D eigenvalue weighted by Gasteiger charge is 2.43. The number of carbonyl (C=O) groups is 2. The lowest BCUT2D eigenvalue weighted by molar-refractivity contribution is -0.129. The van der Waals surface area contributed by atoms with Crippen LogP contribution in [0, 0.1) is 13.8 Å². The van der Waals surface area contributed by atoms with Gasteiger partial charge < -0.3 is 10.0 Å². The lowest BCUT2D eigenvalue weighted by atomic mass is 9.92. The summed E-state index contributed by atoms with van der Waals surface area (Å²) in [5.41, 5.74) is 3.59. The number of nitrogens with zero attached hydrogens (tertiary/aromatic N) is 1. The normalized spacial score (nSPS) is 16.9. The van der Waals surface area contributed by atoms with Gasteiger partial charge in [0.2, 0.25) is 0 Å². The maximum absolute atomic E-state index is 13.2. The van der Waals surface area contributed by atoms with E-state index in [4.69, 9.17) is 0 Å². The van der Waals surface area contributed by atoms with Gasteiger partial charge in [-0.1, -0.05) is 73.0 Å². The van der Waals surface area contributed by atoms with E-state index in [9.17, 15) is 14.7 Å². The molecule has 2 aromatic carbocycles. The summed E-state index contributed by atoms with van der Waals surface area (Å²) in [5.74, 6) is -1.19. The standard InChI is InChI=1S/C23H25NO3/c1-4-5-13-24-20(18-8-6-7-16(3)14-18)19(22(26)23(24)27)21(25)17-11-9-15(2)10-12-17/h6-12,14,20,26H,4-5,13H2,1-3H3. The van der Waals surface area contributed by atoms with E-state index in [1.807, 2.05) is 57.2 Å². The number of aliphatic hydroxyl groups is 1. The van der Waals surface area contributed by atoms with E-state index < -0.39 is 17.7 Å². The van der Waals surface area contributed by atoms with Crippen LogP contribution in [-0.2, 0) is 4.79 Å². The van der Waals surface area contributed by atoms with Crippen molar-refractivity contribution in [2.45, 2.75) is 39.7 Å². The average molecular weight is 363 g/mol. The fourth-order valence-corrected chi connectivity index (χ4v) is 3.49. The number of unbranched alkanes of at least 4 members (excludes halogenated alkanes) is 1. The van der Waals surface area contributed by atoms with Crippen LogP contribution in [0.15, 0.2) is 59.9 Å². The first-order valence-electron chi connectivity index (χ1n) is 9.36. The fraction of sp³-hybridized carbons (Fsp3) is 0.304. The van der Waals surface area contributed by atoms with Crippen molar-refractivity contribution in [3.05, 3.63) is 82.1 Å². The maximum Gasteiger partial charge on any atom is 0.290 e. The first kappa shape index (κ1) is 18.9. The van der Waals surface area contributed by atoms with Crippen LogP contribution < -0.4 is 0 Å². The Bertz CT molecular complexity index is 896. The van der Waals surface area contributed by atoms with Crippen molar-refractivity contribution in [3.8, 4) is 0 Å². The van der Waals surface area contributed by atoms with Crippen molar-refractivity contribution in [2.75, 3.05) is 6.54 Å². The zero-order valence-electron chi connectivity index (χ0n) is 16.0. The van der Waals surface area contributed by atoms with E-state index >= 15 is 0 Å². The quantitative estimate of drug-likeness (QED) is 0.758. The second-order valence-electron chi connectivity index (χ2n) is 7.13. The van der Waals surface area contributed by atoms with Gasteiger partial charge in [0.25, 0.3) is 5.91 Å². The molecule has 1 amide bonds. The summed E-state index contributed by atoms with van der Waals surface area (Å²) in [7, 11) is 0. The molecule has 4 heteroatoms. The monoisotopic (exact) mass is 363 g/mol. The van der Waals surface area contributed by atoms with Crippen LogP contribution in [-0.4, -0.2) is 28.2 Å². The van der Waals surface area contributed by atoms with Crippen LogP contribution >= 0.6 is 0 Å². The molecule has 1 aliphatic rings. The summed E-state index contributed by atoms with van der Waals surface area (Å²) < 4.78 is 0. The van der Waals surface area contributed by atoms with Gasteiger partial charge in [-0.3, -0.25) is 9.59 Å². The number of benzene rings is 2.